The average molecular weight is 189 g/mol. The van der Waals surface area contributed by atoms with Gasteiger partial charge in [0, 0.05) is 6.21 Å². The maximum Gasteiger partial charge on any atom is 0.119 e. The second-order valence-electron chi connectivity index (χ2n) is 4.31. The third-order valence-corrected chi connectivity index (χ3v) is 2.53. The van der Waals surface area contributed by atoms with Crippen LogP contribution < -0.4 is 4.74 Å². The summed E-state index contributed by atoms with van der Waals surface area (Å²) >= 11 is 0. The predicted molar refractivity (Wildman–Crippen MR) is 58.4 cm³/mol. The van der Waals surface area contributed by atoms with Crippen molar-refractivity contribution in [3.8, 4) is 5.75 Å². The van der Waals surface area contributed by atoms with Crippen LogP contribution in [-0.2, 0) is 6.42 Å². The molecule has 0 saturated heterocycles. The van der Waals surface area contributed by atoms with Gasteiger partial charge in [-0.2, -0.15) is 0 Å². The molecule has 14 heavy (non-hydrogen) atoms. The van der Waals surface area contributed by atoms with Crippen LogP contribution in [0.1, 0.15) is 25.0 Å². The lowest BCUT2D eigenvalue weighted by atomic mass is 9.90. The molecule has 0 atom stereocenters. The van der Waals surface area contributed by atoms with Crippen LogP contribution in [0.25, 0.3) is 0 Å². The van der Waals surface area contributed by atoms with Crippen molar-refractivity contribution in [2.45, 2.75) is 25.8 Å². The molecule has 0 bridgehead atoms. The van der Waals surface area contributed by atoms with E-state index in [1.165, 1.54) is 11.1 Å². The zero-order chi connectivity index (χ0) is 10.2. The van der Waals surface area contributed by atoms with Gasteiger partial charge in [0.25, 0.3) is 0 Å². The minimum atomic E-state index is 0.0271. The highest BCUT2D eigenvalue weighted by molar-refractivity contribution is 5.83. The van der Waals surface area contributed by atoms with Crippen molar-refractivity contribution in [2.75, 3.05) is 7.11 Å². The van der Waals surface area contributed by atoms with Gasteiger partial charge in [0.2, 0.25) is 0 Å². The smallest absolute Gasteiger partial charge is 0.119 e. The molecule has 74 valence electrons. The molecular formula is C12H15NO. The van der Waals surface area contributed by atoms with Crippen molar-refractivity contribution >= 4 is 6.21 Å². The lowest BCUT2D eigenvalue weighted by Gasteiger charge is -2.25. The highest BCUT2D eigenvalue weighted by Crippen LogP contribution is 2.26. The lowest BCUT2D eigenvalue weighted by molar-refractivity contribution is 0.413. The summed E-state index contributed by atoms with van der Waals surface area (Å²) in [5.74, 6) is 0.926. The first-order chi connectivity index (χ1) is 6.61. The van der Waals surface area contributed by atoms with E-state index in [0.717, 1.165) is 12.2 Å². The van der Waals surface area contributed by atoms with Crippen molar-refractivity contribution < 1.29 is 4.74 Å². The molecule has 1 aromatic carbocycles. The summed E-state index contributed by atoms with van der Waals surface area (Å²) in [5.41, 5.74) is 2.56. The van der Waals surface area contributed by atoms with Gasteiger partial charge in [-0.3, -0.25) is 4.99 Å². The Hall–Kier alpha value is -1.31. The number of fused-ring (bicyclic) bond motifs is 1. The third-order valence-electron chi connectivity index (χ3n) is 2.53. The third kappa shape index (κ3) is 1.65. The molecule has 0 saturated carbocycles. The van der Waals surface area contributed by atoms with Gasteiger partial charge in [0.15, 0.2) is 0 Å². The Bertz CT molecular complexity index is 380. The Morgan fingerprint density at radius 2 is 2.14 bits per heavy atom. The van der Waals surface area contributed by atoms with Gasteiger partial charge in [-0.25, -0.2) is 0 Å². The summed E-state index contributed by atoms with van der Waals surface area (Å²) in [6.07, 6.45) is 2.94. The van der Waals surface area contributed by atoms with Crippen LogP contribution >= 0.6 is 0 Å². The number of hydrogen-bond acceptors (Lipinski definition) is 2. The number of methoxy groups -OCH3 is 1. The van der Waals surface area contributed by atoms with Crippen LogP contribution in [0.15, 0.2) is 23.2 Å². The average Bonchev–Trinajstić information content (AvgIpc) is 2.15. The van der Waals surface area contributed by atoms with Crippen molar-refractivity contribution in [1.82, 2.24) is 0 Å². The van der Waals surface area contributed by atoms with E-state index in [1.807, 2.05) is 12.3 Å². The van der Waals surface area contributed by atoms with Gasteiger partial charge in [-0.1, -0.05) is 0 Å². The maximum absolute atomic E-state index is 5.20. The van der Waals surface area contributed by atoms with Crippen LogP contribution in [0.5, 0.6) is 5.75 Å². The topological polar surface area (TPSA) is 21.6 Å². The molecule has 2 nitrogen and oxygen atoms in total. The van der Waals surface area contributed by atoms with Gasteiger partial charge in [-0.05, 0) is 49.6 Å². The largest absolute Gasteiger partial charge is 0.497 e. The fraction of sp³-hybridized carbons (Fsp3) is 0.417. The second kappa shape index (κ2) is 3.12. The summed E-state index contributed by atoms with van der Waals surface area (Å²) in [5, 5.41) is 0. The molecule has 0 N–H and O–H groups in total. The van der Waals surface area contributed by atoms with Crippen molar-refractivity contribution in [3.63, 3.8) is 0 Å². The normalized spacial score (nSPS) is 17.6. The summed E-state index contributed by atoms with van der Waals surface area (Å²) in [4.78, 5) is 4.49. The first-order valence-electron chi connectivity index (χ1n) is 4.83. The first-order valence-corrected chi connectivity index (χ1v) is 4.83. The Balaban J connectivity index is 2.42. The maximum atomic E-state index is 5.20. The number of nitrogens with zero attached hydrogens (tertiary/aromatic N) is 1. The molecule has 0 amide bonds. The number of ether oxygens (including phenoxy) is 1. The van der Waals surface area contributed by atoms with Gasteiger partial charge in [-0.15, -0.1) is 0 Å². The van der Waals surface area contributed by atoms with E-state index in [2.05, 4.69) is 31.0 Å². The molecular weight excluding hydrogens is 174 g/mol. The summed E-state index contributed by atoms with van der Waals surface area (Å²) in [6, 6.07) is 6.14. The van der Waals surface area contributed by atoms with Gasteiger partial charge in [0.05, 0.1) is 12.6 Å². The molecule has 1 aromatic rings. The highest BCUT2D eigenvalue weighted by atomic mass is 16.5. The standard InChI is InChI=1S/C12H15NO/c1-12(2)7-10-6-11(14-3)5-4-9(10)8-13-12/h4-6,8H,7H2,1-3H3. The summed E-state index contributed by atoms with van der Waals surface area (Å²) in [6.45, 7) is 4.29. The molecule has 0 aromatic heterocycles. The van der Waals surface area contributed by atoms with Crippen molar-refractivity contribution in [1.29, 1.82) is 0 Å². The quantitative estimate of drug-likeness (QED) is 0.665. The molecule has 0 unspecified atom stereocenters. The predicted octanol–water partition coefficient (Wildman–Crippen LogP) is 2.45. The molecule has 0 spiro atoms. The molecule has 1 aliphatic rings. The van der Waals surface area contributed by atoms with Crippen LogP contribution in [0.4, 0.5) is 0 Å². The minimum Gasteiger partial charge on any atom is -0.497 e. The lowest BCUT2D eigenvalue weighted by Crippen LogP contribution is -2.24. The molecule has 1 heterocycles. The summed E-state index contributed by atoms with van der Waals surface area (Å²) in [7, 11) is 1.70. The number of hydrogen-bond donors (Lipinski definition) is 0. The highest BCUT2D eigenvalue weighted by Gasteiger charge is 2.21. The van der Waals surface area contributed by atoms with E-state index in [9.17, 15) is 0 Å². The second-order valence-corrected chi connectivity index (χ2v) is 4.31. The molecule has 2 rings (SSSR count). The molecule has 0 radical (unpaired) electrons. The van der Waals surface area contributed by atoms with Gasteiger partial charge >= 0.3 is 0 Å². The van der Waals surface area contributed by atoms with Crippen molar-refractivity contribution in [2.24, 2.45) is 4.99 Å². The van der Waals surface area contributed by atoms with Gasteiger partial charge < -0.3 is 4.74 Å². The van der Waals surface area contributed by atoms with E-state index in [-0.39, 0.29) is 5.54 Å². The Morgan fingerprint density at radius 1 is 1.36 bits per heavy atom. The van der Waals surface area contributed by atoms with E-state index >= 15 is 0 Å². The van der Waals surface area contributed by atoms with Crippen LogP contribution in [-0.4, -0.2) is 18.9 Å². The summed E-state index contributed by atoms with van der Waals surface area (Å²) < 4.78 is 5.20. The zero-order valence-electron chi connectivity index (χ0n) is 8.87. The number of benzene rings is 1. The number of aliphatic imine (C=N–C) groups is 1. The molecule has 0 aliphatic carbocycles. The Labute approximate surface area is 84.6 Å². The Morgan fingerprint density at radius 3 is 2.86 bits per heavy atom. The fourth-order valence-electron chi connectivity index (χ4n) is 1.74. The van der Waals surface area contributed by atoms with Crippen LogP contribution in [0.2, 0.25) is 0 Å². The molecule has 1 aliphatic heterocycles. The van der Waals surface area contributed by atoms with E-state index in [0.29, 0.717) is 0 Å². The first kappa shape index (κ1) is 9.25. The van der Waals surface area contributed by atoms with Crippen LogP contribution in [0.3, 0.4) is 0 Å². The fourth-order valence-corrected chi connectivity index (χ4v) is 1.74. The monoisotopic (exact) mass is 189 g/mol. The SMILES string of the molecule is COc1ccc2c(c1)CC(C)(C)N=C2. The Kier molecular flexibility index (Phi) is 2.06. The van der Waals surface area contributed by atoms with E-state index in [1.54, 1.807) is 7.11 Å². The number of rotatable bonds is 1. The molecule has 0 fully saturated rings. The van der Waals surface area contributed by atoms with Crippen molar-refractivity contribution in [3.05, 3.63) is 29.3 Å². The van der Waals surface area contributed by atoms with E-state index in [4.69, 9.17) is 4.74 Å². The van der Waals surface area contributed by atoms with Crippen LogP contribution in [0, 0.1) is 0 Å². The van der Waals surface area contributed by atoms with Gasteiger partial charge in [0.1, 0.15) is 5.75 Å². The zero-order valence-corrected chi connectivity index (χ0v) is 8.87. The molecule has 2 heteroatoms. The minimum absolute atomic E-state index is 0.0271. The van der Waals surface area contributed by atoms with E-state index < -0.39 is 0 Å².